The smallest absolute Gasteiger partial charge is 0.225 e. The summed E-state index contributed by atoms with van der Waals surface area (Å²) in [5.41, 5.74) is 4.35. The van der Waals surface area contributed by atoms with Gasteiger partial charge in [0.05, 0.1) is 12.5 Å². The summed E-state index contributed by atoms with van der Waals surface area (Å²) in [6, 6.07) is 26.1. The highest BCUT2D eigenvalue weighted by Crippen LogP contribution is 2.23. The predicted octanol–water partition coefficient (Wildman–Crippen LogP) is 5.21. The molecule has 3 aromatic carbocycles. The number of carbonyl (C=O) groups is 1. The molecule has 126 valence electrons. The van der Waals surface area contributed by atoms with E-state index in [2.05, 4.69) is 52.4 Å². The monoisotopic (exact) mass is 393 g/mol. The van der Waals surface area contributed by atoms with E-state index in [0.29, 0.717) is 6.42 Å². The van der Waals surface area contributed by atoms with Crippen molar-refractivity contribution < 1.29 is 4.79 Å². The Hall–Kier alpha value is -2.39. The molecule has 1 amide bonds. The minimum Gasteiger partial charge on any atom is -0.345 e. The van der Waals surface area contributed by atoms with Gasteiger partial charge >= 0.3 is 0 Å². The van der Waals surface area contributed by atoms with Gasteiger partial charge < -0.3 is 5.32 Å². The van der Waals surface area contributed by atoms with E-state index in [0.717, 1.165) is 21.2 Å². The molecule has 1 N–H and O–H groups in total. The van der Waals surface area contributed by atoms with Gasteiger partial charge in [-0.3, -0.25) is 4.79 Å². The molecule has 0 saturated carbocycles. The van der Waals surface area contributed by atoms with E-state index >= 15 is 0 Å². The third kappa shape index (κ3) is 4.80. The minimum absolute atomic E-state index is 0.00697. The quantitative estimate of drug-likeness (QED) is 0.633. The van der Waals surface area contributed by atoms with Crippen molar-refractivity contribution in [1.29, 1.82) is 0 Å². The lowest BCUT2D eigenvalue weighted by Gasteiger charge is -2.20. The van der Waals surface area contributed by atoms with E-state index < -0.39 is 0 Å². The van der Waals surface area contributed by atoms with Crippen LogP contribution in [0.3, 0.4) is 0 Å². The second-order valence-electron chi connectivity index (χ2n) is 6.13. The molecule has 25 heavy (non-hydrogen) atoms. The minimum atomic E-state index is -0.151. The van der Waals surface area contributed by atoms with Gasteiger partial charge in [0.2, 0.25) is 5.91 Å². The zero-order chi connectivity index (χ0) is 17.6. The lowest BCUT2D eigenvalue weighted by molar-refractivity contribution is -0.120. The Balaban J connectivity index is 1.82. The molecule has 3 rings (SSSR count). The summed E-state index contributed by atoms with van der Waals surface area (Å²) in [6.45, 7) is 2.06. The molecule has 3 aromatic rings. The average molecular weight is 394 g/mol. The van der Waals surface area contributed by atoms with Crippen LogP contribution in [0.15, 0.2) is 83.3 Å². The van der Waals surface area contributed by atoms with E-state index in [1.165, 1.54) is 5.56 Å². The van der Waals surface area contributed by atoms with Crippen LogP contribution in [0.2, 0.25) is 0 Å². The first-order valence-electron chi connectivity index (χ1n) is 8.27. The molecule has 2 nitrogen and oxygen atoms in total. The second-order valence-corrected chi connectivity index (χ2v) is 7.04. The van der Waals surface area contributed by atoms with Gasteiger partial charge in [0.25, 0.3) is 0 Å². The highest BCUT2D eigenvalue weighted by molar-refractivity contribution is 9.10. The molecule has 0 saturated heterocycles. The summed E-state index contributed by atoms with van der Waals surface area (Å²) < 4.78 is 0.982. The summed E-state index contributed by atoms with van der Waals surface area (Å²) in [5.74, 6) is 0.00697. The number of carbonyl (C=O) groups excluding carboxylic acids is 1. The number of rotatable bonds is 5. The van der Waals surface area contributed by atoms with Crippen LogP contribution >= 0.6 is 15.9 Å². The molecular formula is C22H20BrNO. The van der Waals surface area contributed by atoms with Gasteiger partial charge in [-0.2, -0.15) is 0 Å². The molecule has 3 heteroatoms. The Morgan fingerprint density at radius 3 is 2.28 bits per heavy atom. The maximum Gasteiger partial charge on any atom is 0.225 e. The Morgan fingerprint density at radius 1 is 0.920 bits per heavy atom. The first kappa shape index (κ1) is 17.4. The summed E-state index contributed by atoms with van der Waals surface area (Å²) in [7, 11) is 0. The molecule has 0 aromatic heterocycles. The molecule has 0 radical (unpaired) electrons. The number of halogens is 1. The lowest BCUT2D eigenvalue weighted by atomic mass is 9.97. The molecule has 0 fully saturated rings. The van der Waals surface area contributed by atoms with Gasteiger partial charge in [0.1, 0.15) is 0 Å². The van der Waals surface area contributed by atoms with Crippen molar-refractivity contribution in [2.45, 2.75) is 19.4 Å². The lowest BCUT2D eigenvalue weighted by Crippen LogP contribution is -2.30. The van der Waals surface area contributed by atoms with Crippen LogP contribution in [0.25, 0.3) is 0 Å². The number of hydrogen-bond acceptors (Lipinski definition) is 1. The van der Waals surface area contributed by atoms with Gasteiger partial charge in [-0.1, -0.05) is 88.2 Å². The van der Waals surface area contributed by atoms with Crippen LogP contribution in [0.5, 0.6) is 0 Å². The number of nitrogens with one attached hydrogen (secondary N) is 1. The third-order valence-electron chi connectivity index (χ3n) is 4.10. The Bertz CT molecular complexity index is 843. The van der Waals surface area contributed by atoms with Crippen molar-refractivity contribution in [3.05, 3.63) is 106 Å². The zero-order valence-electron chi connectivity index (χ0n) is 14.1. The molecule has 0 unspecified atom stereocenters. The summed E-state index contributed by atoms with van der Waals surface area (Å²) in [4.78, 5) is 12.6. The molecule has 1 atom stereocenters. The molecule has 0 bridgehead atoms. The van der Waals surface area contributed by atoms with Crippen LogP contribution in [0.1, 0.15) is 28.3 Å². The van der Waals surface area contributed by atoms with Crippen molar-refractivity contribution in [2.24, 2.45) is 0 Å². The zero-order valence-corrected chi connectivity index (χ0v) is 15.7. The maximum atomic E-state index is 12.6. The fraction of sp³-hybridized carbons (Fsp3) is 0.136. The van der Waals surface area contributed by atoms with Crippen LogP contribution < -0.4 is 5.32 Å². The molecular weight excluding hydrogens is 374 g/mol. The predicted molar refractivity (Wildman–Crippen MR) is 105 cm³/mol. The van der Waals surface area contributed by atoms with Crippen molar-refractivity contribution >= 4 is 21.8 Å². The van der Waals surface area contributed by atoms with E-state index in [1.807, 2.05) is 54.6 Å². The van der Waals surface area contributed by atoms with Crippen molar-refractivity contribution in [3.63, 3.8) is 0 Å². The molecule has 0 aliphatic carbocycles. The van der Waals surface area contributed by atoms with E-state index in [9.17, 15) is 4.79 Å². The van der Waals surface area contributed by atoms with Gasteiger partial charge in [-0.25, -0.2) is 0 Å². The largest absolute Gasteiger partial charge is 0.345 e. The van der Waals surface area contributed by atoms with E-state index in [1.54, 1.807) is 0 Å². The van der Waals surface area contributed by atoms with Gasteiger partial charge in [-0.15, -0.1) is 0 Å². The van der Waals surface area contributed by atoms with Crippen molar-refractivity contribution in [1.82, 2.24) is 5.32 Å². The summed E-state index contributed by atoms with van der Waals surface area (Å²) >= 11 is 3.45. The van der Waals surface area contributed by atoms with Gasteiger partial charge in [0, 0.05) is 4.47 Å². The molecule has 0 heterocycles. The van der Waals surface area contributed by atoms with Crippen LogP contribution in [0, 0.1) is 6.92 Å². The molecule has 0 aliphatic heterocycles. The second kappa shape index (κ2) is 8.13. The Kier molecular flexibility index (Phi) is 5.67. The van der Waals surface area contributed by atoms with E-state index in [-0.39, 0.29) is 11.9 Å². The Labute approximate surface area is 157 Å². The first-order chi connectivity index (χ1) is 12.1. The van der Waals surface area contributed by atoms with E-state index in [4.69, 9.17) is 0 Å². The topological polar surface area (TPSA) is 29.1 Å². The highest BCUT2D eigenvalue weighted by atomic mass is 79.9. The standard InChI is InChI=1S/C22H20BrNO/c1-16-10-12-19(13-11-16)22(18-7-3-2-4-8-18)24-21(25)15-17-6-5-9-20(23)14-17/h2-14,22H,15H2,1H3,(H,24,25)/t22-/m0/s1. The fourth-order valence-corrected chi connectivity index (χ4v) is 3.25. The molecule has 0 aliphatic rings. The van der Waals surface area contributed by atoms with Gasteiger partial charge in [-0.05, 0) is 35.7 Å². The van der Waals surface area contributed by atoms with Gasteiger partial charge in [0.15, 0.2) is 0 Å². The summed E-state index contributed by atoms with van der Waals surface area (Å²) in [5, 5.41) is 3.18. The third-order valence-corrected chi connectivity index (χ3v) is 4.60. The first-order valence-corrected chi connectivity index (χ1v) is 9.06. The van der Waals surface area contributed by atoms with Crippen molar-refractivity contribution in [2.75, 3.05) is 0 Å². The summed E-state index contributed by atoms with van der Waals surface area (Å²) in [6.07, 6.45) is 0.356. The maximum absolute atomic E-state index is 12.6. The number of amides is 1. The fourth-order valence-electron chi connectivity index (χ4n) is 2.81. The van der Waals surface area contributed by atoms with Crippen LogP contribution in [-0.2, 0) is 11.2 Å². The highest BCUT2D eigenvalue weighted by Gasteiger charge is 2.17. The normalized spacial score (nSPS) is 11.8. The average Bonchev–Trinajstić information content (AvgIpc) is 2.61. The Morgan fingerprint density at radius 2 is 1.60 bits per heavy atom. The molecule has 0 spiro atoms. The van der Waals surface area contributed by atoms with Crippen LogP contribution in [-0.4, -0.2) is 5.91 Å². The number of benzene rings is 3. The SMILES string of the molecule is Cc1ccc([C@@H](NC(=O)Cc2cccc(Br)c2)c2ccccc2)cc1. The number of hydrogen-bond donors (Lipinski definition) is 1. The van der Waals surface area contributed by atoms with Crippen molar-refractivity contribution in [3.8, 4) is 0 Å². The van der Waals surface area contributed by atoms with Crippen LogP contribution in [0.4, 0.5) is 0 Å². The number of aryl methyl sites for hydroxylation is 1.